The second-order valence-electron chi connectivity index (χ2n) is 4.19. The van der Waals surface area contributed by atoms with Gasteiger partial charge in [-0.3, -0.25) is 0 Å². The molecule has 0 N–H and O–H groups in total. The third-order valence-corrected chi connectivity index (χ3v) is 2.99. The molecule has 2 rings (SSSR count). The summed E-state index contributed by atoms with van der Waals surface area (Å²) in [7, 11) is 0. The third-order valence-electron chi connectivity index (χ3n) is 2.99. The van der Waals surface area contributed by atoms with Gasteiger partial charge >= 0.3 is 0 Å². The molecule has 0 spiro atoms. The molecule has 1 nitrogen and oxygen atoms in total. The molecule has 2 aliphatic carbocycles. The lowest BCUT2D eigenvalue weighted by Gasteiger charge is -2.12. The first-order chi connectivity index (χ1) is 6.29. The van der Waals surface area contributed by atoms with E-state index in [1.54, 1.807) is 0 Å². The van der Waals surface area contributed by atoms with Gasteiger partial charge in [0.15, 0.2) is 0 Å². The molecule has 2 aliphatic rings. The van der Waals surface area contributed by atoms with E-state index < -0.39 is 0 Å². The van der Waals surface area contributed by atoms with Crippen LogP contribution in [0.2, 0.25) is 0 Å². The maximum absolute atomic E-state index is 5.68. The Bertz CT molecular complexity index is 240. The topological polar surface area (TPSA) is 9.23 Å². The Morgan fingerprint density at radius 1 is 1.54 bits per heavy atom. The molecule has 0 aromatic heterocycles. The van der Waals surface area contributed by atoms with Crippen molar-refractivity contribution >= 4 is 0 Å². The first kappa shape index (κ1) is 9.01. The van der Waals surface area contributed by atoms with Gasteiger partial charge < -0.3 is 4.74 Å². The Hall–Kier alpha value is -0.560. The highest BCUT2D eigenvalue weighted by molar-refractivity contribution is 5.30. The predicted molar refractivity (Wildman–Crippen MR) is 54.5 cm³/mol. The average molecular weight is 178 g/mol. The van der Waals surface area contributed by atoms with Crippen LogP contribution in [0.3, 0.4) is 0 Å². The van der Waals surface area contributed by atoms with E-state index in [0.29, 0.717) is 6.10 Å². The predicted octanol–water partition coefficient (Wildman–Crippen LogP) is 2.93. The highest BCUT2D eigenvalue weighted by Gasteiger charge is 2.34. The van der Waals surface area contributed by atoms with Crippen LogP contribution in [0, 0.1) is 11.8 Å². The monoisotopic (exact) mass is 178 g/mol. The zero-order valence-electron chi connectivity index (χ0n) is 8.49. The Labute approximate surface area is 80.5 Å². The highest BCUT2D eigenvalue weighted by Crippen LogP contribution is 2.44. The molecule has 0 aliphatic heterocycles. The van der Waals surface area contributed by atoms with E-state index in [2.05, 4.69) is 32.1 Å². The summed E-state index contributed by atoms with van der Waals surface area (Å²) in [6, 6.07) is 0. The van der Waals surface area contributed by atoms with Crippen LogP contribution in [0.5, 0.6) is 0 Å². The van der Waals surface area contributed by atoms with E-state index in [9.17, 15) is 0 Å². The lowest BCUT2D eigenvalue weighted by molar-refractivity contribution is 0.0820. The van der Waals surface area contributed by atoms with Gasteiger partial charge in [0, 0.05) is 0 Å². The van der Waals surface area contributed by atoms with Gasteiger partial charge in [0.05, 0.1) is 12.7 Å². The Balaban J connectivity index is 1.79. The van der Waals surface area contributed by atoms with Crippen LogP contribution < -0.4 is 0 Å². The Morgan fingerprint density at radius 2 is 2.38 bits per heavy atom. The quantitative estimate of drug-likeness (QED) is 0.643. The van der Waals surface area contributed by atoms with Crippen molar-refractivity contribution in [3.8, 4) is 0 Å². The molecule has 0 amide bonds. The van der Waals surface area contributed by atoms with E-state index in [4.69, 9.17) is 4.74 Å². The molecule has 3 unspecified atom stereocenters. The fourth-order valence-electron chi connectivity index (χ4n) is 1.68. The van der Waals surface area contributed by atoms with E-state index in [0.717, 1.165) is 24.9 Å². The molecule has 0 bridgehead atoms. The van der Waals surface area contributed by atoms with Crippen molar-refractivity contribution in [2.24, 2.45) is 11.8 Å². The molecule has 1 saturated carbocycles. The fraction of sp³-hybridized carbons (Fsp3) is 0.667. The van der Waals surface area contributed by atoms with Crippen LogP contribution in [0.1, 0.15) is 26.7 Å². The summed E-state index contributed by atoms with van der Waals surface area (Å²) in [5.74, 6) is 1.72. The summed E-state index contributed by atoms with van der Waals surface area (Å²) < 4.78 is 5.68. The van der Waals surface area contributed by atoms with Crippen molar-refractivity contribution in [3.05, 3.63) is 23.8 Å². The SMILES string of the molecule is CCC(C)OCC1=CC2CC2C=C1. The number of hydrogen-bond acceptors (Lipinski definition) is 1. The molecule has 72 valence electrons. The minimum absolute atomic E-state index is 0.395. The molecule has 0 saturated heterocycles. The normalized spacial score (nSPS) is 32.3. The van der Waals surface area contributed by atoms with Gasteiger partial charge in [-0.25, -0.2) is 0 Å². The van der Waals surface area contributed by atoms with E-state index in [1.807, 2.05) is 0 Å². The molecular weight excluding hydrogens is 160 g/mol. The van der Waals surface area contributed by atoms with Crippen LogP contribution in [-0.4, -0.2) is 12.7 Å². The Morgan fingerprint density at radius 3 is 3.08 bits per heavy atom. The van der Waals surface area contributed by atoms with Gasteiger partial charge in [0.2, 0.25) is 0 Å². The number of rotatable bonds is 4. The summed E-state index contributed by atoms with van der Waals surface area (Å²) in [4.78, 5) is 0. The minimum atomic E-state index is 0.395. The number of ether oxygens (including phenoxy) is 1. The summed E-state index contributed by atoms with van der Waals surface area (Å²) >= 11 is 0. The Kier molecular flexibility index (Phi) is 2.54. The highest BCUT2D eigenvalue weighted by atomic mass is 16.5. The molecule has 0 aromatic carbocycles. The lowest BCUT2D eigenvalue weighted by atomic mass is 10.1. The van der Waals surface area contributed by atoms with Crippen LogP contribution in [0.4, 0.5) is 0 Å². The molecule has 1 fully saturated rings. The summed E-state index contributed by atoms with van der Waals surface area (Å²) in [6.07, 6.45) is 9.81. The van der Waals surface area contributed by atoms with Crippen molar-refractivity contribution in [1.82, 2.24) is 0 Å². The van der Waals surface area contributed by atoms with E-state index >= 15 is 0 Å². The van der Waals surface area contributed by atoms with Gasteiger partial charge in [-0.1, -0.05) is 25.2 Å². The van der Waals surface area contributed by atoms with Gasteiger partial charge in [-0.15, -0.1) is 0 Å². The molecular formula is C12H18O. The van der Waals surface area contributed by atoms with Gasteiger partial charge in [-0.05, 0) is 37.2 Å². The van der Waals surface area contributed by atoms with Gasteiger partial charge in [0.1, 0.15) is 0 Å². The van der Waals surface area contributed by atoms with Crippen molar-refractivity contribution in [2.75, 3.05) is 6.61 Å². The summed E-state index contributed by atoms with van der Waals surface area (Å²) in [5.41, 5.74) is 1.37. The summed E-state index contributed by atoms with van der Waals surface area (Å²) in [6.45, 7) is 5.09. The molecule has 0 radical (unpaired) electrons. The average Bonchev–Trinajstić information content (AvgIpc) is 2.91. The number of fused-ring (bicyclic) bond motifs is 1. The molecule has 0 aromatic rings. The van der Waals surface area contributed by atoms with Gasteiger partial charge in [-0.2, -0.15) is 0 Å². The standard InChI is InChI=1S/C12H18O/c1-3-9(2)13-8-10-4-5-11-7-12(11)6-10/h4-6,9,11-12H,3,7-8H2,1-2H3. The lowest BCUT2D eigenvalue weighted by Crippen LogP contribution is -2.09. The fourth-order valence-corrected chi connectivity index (χ4v) is 1.68. The van der Waals surface area contributed by atoms with Crippen molar-refractivity contribution in [1.29, 1.82) is 0 Å². The van der Waals surface area contributed by atoms with E-state index in [-0.39, 0.29) is 0 Å². The molecule has 13 heavy (non-hydrogen) atoms. The largest absolute Gasteiger partial charge is 0.374 e. The van der Waals surface area contributed by atoms with Crippen molar-refractivity contribution in [3.63, 3.8) is 0 Å². The second kappa shape index (κ2) is 3.67. The molecule has 0 heterocycles. The second-order valence-corrected chi connectivity index (χ2v) is 4.19. The van der Waals surface area contributed by atoms with E-state index in [1.165, 1.54) is 12.0 Å². The number of allylic oxidation sites excluding steroid dienone is 2. The first-order valence-electron chi connectivity index (χ1n) is 5.30. The number of hydrogen-bond donors (Lipinski definition) is 0. The van der Waals surface area contributed by atoms with Crippen LogP contribution in [0.25, 0.3) is 0 Å². The molecule has 1 heteroatoms. The summed E-state index contributed by atoms with van der Waals surface area (Å²) in [5, 5.41) is 0. The van der Waals surface area contributed by atoms with Gasteiger partial charge in [0.25, 0.3) is 0 Å². The maximum atomic E-state index is 5.68. The molecule has 3 atom stereocenters. The zero-order chi connectivity index (χ0) is 9.26. The van der Waals surface area contributed by atoms with Crippen LogP contribution >= 0.6 is 0 Å². The van der Waals surface area contributed by atoms with Crippen LogP contribution in [0.15, 0.2) is 23.8 Å². The maximum Gasteiger partial charge on any atom is 0.0717 e. The first-order valence-corrected chi connectivity index (χ1v) is 5.30. The van der Waals surface area contributed by atoms with Crippen molar-refractivity contribution in [2.45, 2.75) is 32.8 Å². The van der Waals surface area contributed by atoms with Crippen molar-refractivity contribution < 1.29 is 4.74 Å². The van der Waals surface area contributed by atoms with Crippen LogP contribution in [-0.2, 0) is 4.74 Å². The smallest absolute Gasteiger partial charge is 0.0717 e. The zero-order valence-corrected chi connectivity index (χ0v) is 8.49. The third kappa shape index (κ3) is 2.22. The minimum Gasteiger partial charge on any atom is -0.374 e.